The molecule has 0 aliphatic rings. The fraction of sp³-hybridized carbons (Fsp3) is 0.0625. The number of carbonyl (C=O) groups is 2. The number of aldehydes is 1. The molecule has 0 unspecified atom stereocenters. The number of fused-ring (bicyclic) bond motifs is 1. The van der Waals surface area contributed by atoms with Gasteiger partial charge < -0.3 is 4.74 Å². The highest BCUT2D eigenvalue weighted by molar-refractivity contribution is 7.99. The van der Waals surface area contributed by atoms with Crippen LogP contribution in [0.4, 0.5) is 10.6 Å². The molecule has 2 heterocycles. The Kier molecular flexibility index (Phi) is 4.29. The third-order valence-electron chi connectivity index (χ3n) is 3.12. The highest BCUT2D eigenvalue weighted by Crippen LogP contribution is 2.28. The predicted molar refractivity (Wildman–Crippen MR) is 87.2 cm³/mol. The molecule has 1 aromatic carbocycles. The molecule has 0 radical (unpaired) electrons. The van der Waals surface area contributed by atoms with Crippen LogP contribution in [-0.2, 0) is 4.74 Å². The van der Waals surface area contributed by atoms with Crippen LogP contribution in [0, 0.1) is 0 Å². The lowest BCUT2D eigenvalue weighted by Crippen LogP contribution is -2.12. The van der Waals surface area contributed by atoms with Crippen molar-refractivity contribution < 1.29 is 14.3 Å². The average molecular weight is 327 g/mol. The van der Waals surface area contributed by atoms with Crippen molar-refractivity contribution in [3.8, 4) is 0 Å². The lowest BCUT2D eigenvalue weighted by molar-refractivity contribution is 0.111. The zero-order valence-corrected chi connectivity index (χ0v) is 13.0. The molecule has 1 N–H and O–H groups in total. The molecule has 0 fully saturated rings. The summed E-state index contributed by atoms with van der Waals surface area (Å²) in [7, 11) is 1.25. The number of nitrogens with zero attached hydrogens (tertiary/aromatic N) is 2. The minimum absolute atomic E-state index is 0.175. The summed E-state index contributed by atoms with van der Waals surface area (Å²) in [5, 5.41) is 2.44. The van der Waals surface area contributed by atoms with Gasteiger partial charge in [0.15, 0.2) is 12.1 Å². The van der Waals surface area contributed by atoms with E-state index in [-0.39, 0.29) is 11.5 Å². The number of amides is 1. The van der Waals surface area contributed by atoms with Crippen molar-refractivity contribution in [2.75, 3.05) is 12.4 Å². The van der Waals surface area contributed by atoms with Gasteiger partial charge in [-0.3, -0.25) is 14.5 Å². The second kappa shape index (κ2) is 6.53. The molecule has 1 amide bonds. The molecule has 116 valence electrons. The first kappa shape index (κ1) is 15.1. The Morgan fingerprint density at radius 3 is 2.70 bits per heavy atom. The molecule has 0 aliphatic carbocycles. The number of imidazole rings is 1. The monoisotopic (exact) mass is 327 g/mol. The Morgan fingerprint density at radius 2 is 2.00 bits per heavy atom. The van der Waals surface area contributed by atoms with Crippen LogP contribution in [0.25, 0.3) is 5.65 Å². The summed E-state index contributed by atoms with van der Waals surface area (Å²) < 4.78 is 6.18. The van der Waals surface area contributed by atoms with Crippen molar-refractivity contribution in [1.29, 1.82) is 0 Å². The summed E-state index contributed by atoms with van der Waals surface area (Å²) >= 11 is 1.57. The third-order valence-corrected chi connectivity index (χ3v) is 4.11. The van der Waals surface area contributed by atoms with Crippen LogP contribution in [0.15, 0.2) is 58.5 Å². The normalized spacial score (nSPS) is 10.5. The van der Waals surface area contributed by atoms with Gasteiger partial charge in [0.2, 0.25) is 0 Å². The molecule has 6 nitrogen and oxygen atoms in total. The van der Waals surface area contributed by atoms with Gasteiger partial charge in [0.05, 0.1) is 7.11 Å². The van der Waals surface area contributed by atoms with E-state index in [4.69, 9.17) is 0 Å². The van der Waals surface area contributed by atoms with Gasteiger partial charge in [-0.15, -0.1) is 0 Å². The second-order valence-corrected chi connectivity index (χ2v) is 5.74. The lowest BCUT2D eigenvalue weighted by Gasteiger charge is -2.03. The van der Waals surface area contributed by atoms with Crippen molar-refractivity contribution in [3.63, 3.8) is 0 Å². The number of anilines is 1. The largest absolute Gasteiger partial charge is 0.453 e. The molecule has 0 spiro atoms. The molecule has 7 heteroatoms. The smallest absolute Gasteiger partial charge is 0.412 e. The molecule has 0 saturated heterocycles. The number of rotatable bonds is 4. The van der Waals surface area contributed by atoms with Crippen molar-refractivity contribution in [2.24, 2.45) is 0 Å². The Labute approximate surface area is 136 Å². The highest BCUT2D eigenvalue weighted by Gasteiger charge is 2.14. The number of hydrogen-bond donors (Lipinski definition) is 1. The molecule has 0 aliphatic heterocycles. The first-order chi connectivity index (χ1) is 11.2. The molecule has 0 bridgehead atoms. The van der Waals surface area contributed by atoms with Gasteiger partial charge in [0.1, 0.15) is 11.3 Å². The Morgan fingerprint density at radius 1 is 1.22 bits per heavy atom. The maximum Gasteiger partial charge on any atom is 0.412 e. The minimum Gasteiger partial charge on any atom is -0.453 e. The molecular formula is C16H13N3O3S. The fourth-order valence-electron chi connectivity index (χ4n) is 2.08. The molecule has 0 saturated carbocycles. The summed E-state index contributed by atoms with van der Waals surface area (Å²) in [6.07, 6.45) is 1.80. The fourth-order valence-corrected chi connectivity index (χ4v) is 2.94. The van der Waals surface area contributed by atoms with E-state index in [0.717, 1.165) is 9.79 Å². The molecule has 0 atom stereocenters. The molecule has 2 aromatic heterocycles. The summed E-state index contributed by atoms with van der Waals surface area (Å²) in [5.74, 6) is 0.175. The van der Waals surface area contributed by atoms with E-state index >= 15 is 0 Å². The van der Waals surface area contributed by atoms with E-state index in [1.165, 1.54) is 7.11 Å². The molecule has 3 rings (SSSR count). The first-order valence-electron chi connectivity index (χ1n) is 6.76. The van der Waals surface area contributed by atoms with Gasteiger partial charge in [-0.05, 0) is 24.3 Å². The van der Waals surface area contributed by atoms with E-state index in [1.807, 2.05) is 42.6 Å². The number of nitrogens with one attached hydrogen (secondary N) is 1. The van der Waals surface area contributed by atoms with E-state index in [2.05, 4.69) is 15.0 Å². The average Bonchev–Trinajstić information content (AvgIpc) is 2.92. The van der Waals surface area contributed by atoms with Crippen LogP contribution in [-0.4, -0.2) is 28.9 Å². The Hall–Kier alpha value is -2.80. The minimum atomic E-state index is -0.671. The molecule has 23 heavy (non-hydrogen) atoms. The molecule has 3 aromatic rings. The van der Waals surface area contributed by atoms with Crippen LogP contribution in [0.3, 0.4) is 0 Å². The quantitative estimate of drug-likeness (QED) is 0.743. The topological polar surface area (TPSA) is 72.7 Å². The summed E-state index contributed by atoms with van der Waals surface area (Å²) in [6, 6.07) is 13.6. The molecular weight excluding hydrogens is 314 g/mol. The number of methoxy groups -OCH3 is 1. The summed E-state index contributed by atoms with van der Waals surface area (Å²) in [4.78, 5) is 29.0. The van der Waals surface area contributed by atoms with Gasteiger partial charge in [-0.1, -0.05) is 30.0 Å². The van der Waals surface area contributed by atoms with E-state index in [1.54, 1.807) is 22.2 Å². The number of carbonyl (C=O) groups excluding carboxylic acids is 2. The van der Waals surface area contributed by atoms with Crippen LogP contribution in [0.5, 0.6) is 0 Å². The second-order valence-electron chi connectivity index (χ2n) is 4.59. The van der Waals surface area contributed by atoms with Gasteiger partial charge in [-0.2, -0.15) is 0 Å². The standard InChI is InChI=1S/C16H13N3O3S/c1-22-16(21)18-15-13(10-20)19-9-12(7-8-14(19)17-15)23-11-5-3-2-4-6-11/h2-10H,1H3,(H,18,21). The van der Waals surface area contributed by atoms with Gasteiger partial charge >= 0.3 is 6.09 Å². The van der Waals surface area contributed by atoms with E-state index in [9.17, 15) is 9.59 Å². The van der Waals surface area contributed by atoms with Crippen LogP contribution in [0.1, 0.15) is 10.5 Å². The van der Waals surface area contributed by atoms with Crippen molar-refractivity contribution in [1.82, 2.24) is 9.38 Å². The summed E-state index contributed by atoms with van der Waals surface area (Å²) in [5.41, 5.74) is 0.830. The number of pyridine rings is 1. The first-order valence-corrected chi connectivity index (χ1v) is 7.58. The number of aromatic nitrogens is 2. The Balaban J connectivity index is 1.98. The van der Waals surface area contributed by atoms with Gasteiger partial charge in [0.25, 0.3) is 0 Å². The predicted octanol–water partition coefficient (Wildman–Crippen LogP) is 3.48. The van der Waals surface area contributed by atoms with Gasteiger partial charge in [0, 0.05) is 16.0 Å². The number of ether oxygens (including phenoxy) is 1. The highest BCUT2D eigenvalue weighted by atomic mass is 32.2. The van der Waals surface area contributed by atoms with E-state index in [0.29, 0.717) is 11.9 Å². The maximum atomic E-state index is 11.4. The maximum absolute atomic E-state index is 11.4. The third kappa shape index (κ3) is 3.19. The van der Waals surface area contributed by atoms with Crippen molar-refractivity contribution in [3.05, 3.63) is 54.4 Å². The SMILES string of the molecule is COC(=O)Nc1nc2ccc(Sc3ccccc3)cn2c1C=O. The Bertz CT molecular complexity index is 862. The zero-order chi connectivity index (χ0) is 16.2. The van der Waals surface area contributed by atoms with Crippen LogP contribution < -0.4 is 5.32 Å². The lowest BCUT2D eigenvalue weighted by atomic mass is 10.4. The van der Waals surface area contributed by atoms with Crippen molar-refractivity contribution >= 4 is 35.6 Å². The van der Waals surface area contributed by atoms with Crippen molar-refractivity contribution in [2.45, 2.75) is 9.79 Å². The van der Waals surface area contributed by atoms with Crippen LogP contribution >= 0.6 is 11.8 Å². The van der Waals surface area contributed by atoms with Gasteiger partial charge in [-0.25, -0.2) is 9.78 Å². The number of benzene rings is 1. The zero-order valence-electron chi connectivity index (χ0n) is 12.2. The van der Waals surface area contributed by atoms with E-state index < -0.39 is 6.09 Å². The van der Waals surface area contributed by atoms with Crippen LogP contribution in [0.2, 0.25) is 0 Å². The summed E-state index contributed by atoms with van der Waals surface area (Å²) in [6.45, 7) is 0. The number of hydrogen-bond acceptors (Lipinski definition) is 5.